The van der Waals surface area contributed by atoms with E-state index in [0.717, 1.165) is 0 Å². The maximum absolute atomic E-state index is 11.8. The molecular formula is C15H11N7O4. The average molecular weight is 353 g/mol. The van der Waals surface area contributed by atoms with Crippen LogP contribution in [0.25, 0.3) is 22.6 Å². The van der Waals surface area contributed by atoms with E-state index in [1.807, 2.05) is 0 Å². The van der Waals surface area contributed by atoms with Crippen molar-refractivity contribution in [1.29, 1.82) is 0 Å². The molecule has 3 aromatic heterocycles. The van der Waals surface area contributed by atoms with Crippen LogP contribution in [0, 0.1) is 10.1 Å². The Bertz CT molecular complexity index is 1250. The zero-order valence-corrected chi connectivity index (χ0v) is 13.1. The van der Waals surface area contributed by atoms with Gasteiger partial charge in [0.15, 0.2) is 5.65 Å². The Hall–Kier alpha value is -4.02. The summed E-state index contributed by atoms with van der Waals surface area (Å²) in [6, 6.07) is 6.41. The predicted octanol–water partition coefficient (Wildman–Crippen LogP) is 0.759. The number of nitrogens with zero attached hydrogens (tertiary/aromatic N) is 4. The van der Waals surface area contributed by atoms with Crippen molar-refractivity contribution in [3.63, 3.8) is 0 Å². The molecule has 0 atom stereocenters. The summed E-state index contributed by atoms with van der Waals surface area (Å²) < 4.78 is 1.53. The quantitative estimate of drug-likeness (QED) is 0.363. The highest BCUT2D eigenvalue weighted by Gasteiger charge is 2.15. The maximum Gasteiger partial charge on any atom is 0.327 e. The molecule has 26 heavy (non-hydrogen) atoms. The van der Waals surface area contributed by atoms with Crippen LogP contribution in [-0.2, 0) is 6.54 Å². The Morgan fingerprint density at radius 3 is 2.77 bits per heavy atom. The van der Waals surface area contributed by atoms with Gasteiger partial charge in [0.05, 0.1) is 28.8 Å². The Morgan fingerprint density at radius 1 is 1.15 bits per heavy atom. The van der Waals surface area contributed by atoms with Crippen molar-refractivity contribution in [3.05, 3.63) is 73.2 Å². The molecule has 0 amide bonds. The van der Waals surface area contributed by atoms with Gasteiger partial charge in [-0.3, -0.25) is 29.6 Å². The topological polar surface area (TPSA) is 155 Å². The van der Waals surface area contributed by atoms with Crippen LogP contribution in [0.3, 0.4) is 0 Å². The van der Waals surface area contributed by atoms with E-state index in [9.17, 15) is 19.7 Å². The minimum Gasteiger partial charge on any atom is -0.332 e. The van der Waals surface area contributed by atoms with Crippen LogP contribution in [0.1, 0.15) is 5.56 Å². The molecule has 0 unspecified atom stereocenters. The summed E-state index contributed by atoms with van der Waals surface area (Å²) in [5.41, 5.74) is 0.156. The number of para-hydroxylation sites is 1. The second-order valence-corrected chi connectivity index (χ2v) is 5.53. The standard InChI is InChI=1S/C15H11N7O4/c23-14-11-13(19-15(24)20-14)18-12(17-11)9-5-16-21(7-9)6-8-3-1-2-4-10(8)22(25)26/h1-5,7H,6H2,(H3,17,18,19,20,23,24). The fourth-order valence-electron chi connectivity index (χ4n) is 2.64. The zero-order chi connectivity index (χ0) is 18.3. The number of hydrogen-bond donors (Lipinski definition) is 3. The van der Waals surface area contributed by atoms with Crippen molar-refractivity contribution < 1.29 is 4.92 Å². The van der Waals surface area contributed by atoms with Crippen LogP contribution in [0.4, 0.5) is 5.69 Å². The summed E-state index contributed by atoms with van der Waals surface area (Å²) in [4.78, 5) is 45.3. The molecule has 1 aromatic carbocycles. The number of hydrogen-bond acceptors (Lipinski definition) is 6. The van der Waals surface area contributed by atoms with Gasteiger partial charge in [0, 0.05) is 12.3 Å². The maximum atomic E-state index is 11.8. The lowest BCUT2D eigenvalue weighted by Crippen LogP contribution is -2.21. The van der Waals surface area contributed by atoms with E-state index < -0.39 is 16.2 Å². The summed E-state index contributed by atoms with van der Waals surface area (Å²) in [5, 5.41) is 15.3. The largest absolute Gasteiger partial charge is 0.332 e. The van der Waals surface area contributed by atoms with Gasteiger partial charge in [-0.05, 0) is 0 Å². The van der Waals surface area contributed by atoms with E-state index in [1.54, 1.807) is 24.4 Å². The highest BCUT2D eigenvalue weighted by atomic mass is 16.6. The van der Waals surface area contributed by atoms with Crippen LogP contribution in [0.2, 0.25) is 0 Å². The van der Waals surface area contributed by atoms with Gasteiger partial charge in [-0.15, -0.1) is 0 Å². The summed E-state index contributed by atoms with van der Waals surface area (Å²) in [7, 11) is 0. The van der Waals surface area contributed by atoms with Gasteiger partial charge in [0.2, 0.25) is 0 Å². The summed E-state index contributed by atoms with van der Waals surface area (Å²) >= 11 is 0. The van der Waals surface area contributed by atoms with Crippen molar-refractivity contribution in [2.75, 3.05) is 0 Å². The molecular weight excluding hydrogens is 342 g/mol. The monoisotopic (exact) mass is 353 g/mol. The van der Waals surface area contributed by atoms with Crippen molar-refractivity contribution in [1.82, 2.24) is 29.7 Å². The number of benzene rings is 1. The van der Waals surface area contributed by atoms with Crippen molar-refractivity contribution in [2.45, 2.75) is 6.54 Å². The molecule has 0 aliphatic heterocycles. The summed E-state index contributed by atoms with van der Waals surface area (Å²) in [5.74, 6) is 0.348. The van der Waals surface area contributed by atoms with E-state index in [1.165, 1.54) is 16.9 Å². The first-order valence-corrected chi connectivity index (χ1v) is 7.49. The van der Waals surface area contributed by atoms with E-state index in [-0.39, 0.29) is 23.4 Å². The first-order valence-electron chi connectivity index (χ1n) is 7.49. The molecule has 11 nitrogen and oxygen atoms in total. The smallest absolute Gasteiger partial charge is 0.327 e. The Labute approximate surface area is 143 Å². The number of imidazole rings is 1. The number of nitro groups is 1. The van der Waals surface area contributed by atoms with Gasteiger partial charge in [0.1, 0.15) is 11.3 Å². The molecule has 0 aliphatic carbocycles. The van der Waals surface area contributed by atoms with Crippen LogP contribution >= 0.6 is 0 Å². The Balaban J connectivity index is 1.69. The lowest BCUT2D eigenvalue weighted by molar-refractivity contribution is -0.385. The number of H-pyrrole nitrogens is 3. The van der Waals surface area contributed by atoms with Crippen molar-refractivity contribution in [3.8, 4) is 11.4 Å². The Kier molecular flexibility index (Phi) is 3.46. The fourth-order valence-corrected chi connectivity index (χ4v) is 2.64. The van der Waals surface area contributed by atoms with Gasteiger partial charge < -0.3 is 4.98 Å². The first-order chi connectivity index (χ1) is 12.5. The molecule has 4 rings (SSSR count). The number of aromatic amines is 3. The predicted molar refractivity (Wildman–Crippen MR) is 90.8 cm³/mol. The first kappa shape index (κ1) is 15.5. The second kappa shape index (κ2) is 5.81. The number of nitrogens with one attached hydrogen (secondary N) is 3. The molecule has 11 heteroatoms. The fraction of sp³-hybridized carbons (Fsp3) is 0.0667. The zero-order valence-electron chi connectivity index (χ0n) is 13.1. The van der Waals surface area contributed by atoms with Crippen LogP contribution in [0.15, 0.2) is 46.2 Å². The lowest BCUT2D eigenvalue weighted by Gasteiger charge is -2.02. The molecule has 3 heterocycles. The molecule has 0 bridgehead atoms. The summed E-state index contributed by atoms with van der Waals surface area (Å²) in [6.07, 6.45) is 3.15. The SMILES string of the molecule is O=c1[nH]c(=O)c2[nH]c(-c3cnn(Cc4ccccc4[N+](=O)[O-])c3)nc2[nH]1. The number of nitro benzene ring substituents is 1. The molecule has 0 aliphatic rings. The number of aromatic nitrogens is 6. The van der Waals surface area contributed by atoms with Gasteiger partial charge in [-0.25, -0.2) is 9.78 Å². The van der Waals surface area contributed by atoms with Crippen molar-refractivity contribution >= 4 is 16.9 Å². The summed E-state index contributed by atoms with van der Waals surface area (Å²) in [6.45, 7) is 0.203. The molecule has 4 aromatic rings. The number of rotatable bonds is 4. The highest BCUT2D eigenvalue weighted by Crippen LogP contribution is 2.21. The van der Waals surface area contributed by atoms with Crippen LogP contribution < -0.4 is 11.2 Å². The molecule has 130 valence electrons. The molecule has 0 saturated carbocycles. The van der Waals surface area contributed by atoms with Crippen LogP contribution in [-0.4, -0.2) is 34.6 Å². The van der Waals surface area contributed by atoms with E-state index in [2.05, 4.69) is 25.0 Å². The van der Waals surface area contributed by atoms with Crippen molar-refractivity contribution in [2.24, 2.45) is 0 Å². The van der Waals surface area contributed by atoms with Crippen LogP contribution in [0.5, 0.6) is 0 Å². The number of fused-ring (bicyclic) bond motifs is 1. The minimum absolute atomic E-state index is 0.0115. The van der Waals surface area contributed by atoms with E-state index >= 15 is 0 Å². The molecule has 0 fully saturated rings. The normalized spacial score (nSPS) is 11.1. The average Bonchev–Trinajstić information content (AvgIpc) is 3.22. The highest BCUT2D eigenvalue weighted by molar-refractivity contribution is 5.74. The van der Waals surface area contributed by atoms with Gasteiger partial charge >= 0.3 is 5.69 Å². The second-order valence-electron chi connectivity index (χ2n) is 5.53. The van der Waals surface area contributed by atoms with Gasteiger partial charge in [-0.2, -0.15) is 5.10 Å². The van der Waals surface area contributed by atoms with E-state index in [0.29, 0.717) is 17.0 Å². The van der Waals surface area contributed by atoms with E-state index in [4.69, 9.17) is 0 Å². The Morgan fingerprint density at radius 2 is 1.96 bits per heavy atom. The molecule has 0 saturated heterocycles. The van der Waals surface area contributed by atoms with Gasteiger partial charge in [0.25, 0.3) is 11.2 Å². The minimum atomic E-state index is -0.646. The third-order valence-electron chi connectivity index (χ3n) is 3.82. The third-order valence-corrected chi connectivity index (χ3v) is 3.82. The molecule has 0 radical (unpaired) electrons. The van der Waals surface area contributed by atoms with Gasteiger partial charge in [-0.1, -0.05) is 18.2 Å². The lowest BCUT2D eigenvalue weighted by atomic mass is 10.2. The third kappa shape index (κ3) is 2.66. The molecule has 3 N–H and O–H groups in total. The molecule has 0 spiro atoms.